The minimum absolute atomic E-state index is 0.185. The summed E-state index contributed by atoms with van der Waals surface area (Å²) in [5.74, 6) is 0.179. The number of ether oxygens (including phenoxy) is 2. The van der Waals surface area contributed by atoms with Crippen molar-refractivity contribution in [1.82, 2.24) is 5.32 Å². The van der Waals surface area contributed by atoms with Gasteiger partial charge in [-0.1, -0.05) is 13.3 Å². The van der Waals surface area contributed by atoms with Crippen molar-refractivity contribution < 1.29 is 24.2 Å². The Morgan fingerprint density at radius 1 is 1.32 bits per heavy atom. The number of carbonyl (C=O) groups excluding carboxylic acids is 1. The molecule has 1 aromatic rings. The fourth-order valence-corrected chi connectivity index (χ4v) is 2.16. The van der Waals surface area contributed by atoms with E-state index in [0.717, 1.165) is 6.42 Å². The van der Waals surface area contributed by atoms with Gasteiger partial charge in [0.15, 0.2) is 11.5 Å². The molecule has 0 saturated heterocycles. The van der Waals surface area contributed by atoms with Crippen LogP contribution in [0.1, 0.15) is 26.2 Å². The van der Waals surface area contributed by atoms with Crippen LogP contribution < -0.4 is 20.1 Å². The molecule has 0 bridgehead atoms. The molecule has 22 heavy (non-hydrogen) atoms. The van der Waals surface area contributed by atoms with Gasteiger partial charge < -0.3 is 25.2 Å². The van der Waals surface area contributed by atoms with Gasteiger partial charge in [-0.15, -0.1) is 0 Å². The normalized spacial score (nSPS) is 13.7. The smallest absolute Gasteiger partial charge is 0.320 e. The maximum atomic E-state index is 11.9. The highest BCUT2D eigenvalue weighted by molar-refractivity contribution is 5.91. The summed E-state index contributed by atoms with van der Waals surface area (Å²) in [6.07, 6.45) is 1.51. The topological polar surface area (TPSA) is 96.9 Å². The molecule has 0 spiro atoms. The molecule has 1 heterocycles. The van der Waals surface area contributed by atoms with Gasteiger partial charge in [0.05, 0.1) is 0 Å². The number of aliphatic carboxylic acids is 1. The lowest BCUT2D eigenvalue weighted by Gasteiger charge is -2.13. The molecule has 0 aliphatic carbocycles. The van der Waals surface area contributed by atoms with Crippen LogP contribution in [-0.2, 0) is 9.59 Å². The maximum absolute atomic E-state index is 11.9. The second-order valence-corrected chi connectivity index (χ2v) is 5.00. The molecule has 0 fully saturated rings. The summed E-state index contributed by atoms with van der Waals surface area (Å²) in [6.45, 7) is 2.42. The predicted octanol–water partition coefficient (Wildman–Crippen LogP) is 1.59. The molecule has 1 aliphatic heterocycles. The minimum atomic E-state index is -0.891. The van der Waals surface area contributed by atoms with Gasteiger partial charge in [-0.25, -0.2) is 0 Å². The molecule has 7 heteroatoms. The van der Waals surface area contributed by atoms with Gasteiger partial charge in [-0.3, -0.25) is 9.59 Å². The van der Waals surface area contributed by atoms with Crippen LogP contribution in [0.25, 0.3) is 0 Å². The molecule has 2 rings (SSSR count). The van der Waals surface area contributed by atoms with Crippen LogP contribution in [0, 0.1) is 0 Å². The van der Waals surface area contributed by atoms with Gasteiger partial charge in [-0.2, -0.15) is 0 Å². The average Bonchev–Trinajstić information content (AvgIpc) is 2.93. The number of carboxylic acid groups (broad SMARTS) is 1. The molecule has 1 amide bonds. The van der Waals surface area contributed by atoms with Gasteiger partial charge in [-0.05, 0) is 18.6 Å². The Kier molecular flexibility index (Phi) is 5.60. The quantitative estimate of drug-likeness (QED) is 0.675. The number of amides is 1. The number of carbonyl (C=O) groups is 2. The van der Waals surface area contributed by atoms with E-state index in [9.17, 15) is 9.59 Å². The summed E-state index contributed by atoms with van der Waals surface area (Å²) in [6, 6.07) is 4.56. The number of carboxylic acids is 1. The molecule has 1 atom stereocenters. The van der Waals surface area contributed by atoms with E-state index >= 15 is 0 Å². The van der Waals surface area contributed by atoms with Crippen molar-refractivity contribution in [1.29, 1.82) is 0 Å². The summed E-state index contributed by atoms with van der Waals surface area (Å²) in [5.41, 5.74) is 0.623. The van der Waals surface area contributed by atoms with Gasteiger partial charge in [0.25, 0.3) is 0 Å². The van der Waals surface area contributed by atoms with E-state index in [1.807, 2.05) is 6.92 Å². The van der Waals surface area contributed by atoms with Crippen molar-refractivity contribution >= 4 is 17.6 Å². The van der Waals surface area contributed by atoms with Crippen LogP contribution in [0.2, 0.25) is 0 Å². The van der Waals surface area contributed by atoms with Crippen molar-refractivity contribution in [3.05, 3.63) is 18.2 Å². The first-order valence-electron chi connectivity index (χ1n) is 7.26. The highest BCUT2D eigenvalue weighted by Crippen LogP contribution is 2.34. The first-order valence-corrected chi connectivity index (χ1v) is 7.26. The molecule has 1 unspecified atom stereocenters. The molecule has 0 aromatic heterocycles. The van der Waals surface area contributed by atoms with E-state index < -0.39 is 12.0 Å². The Labute approximate surface area is 128 Å². The first kappa shape index (κ1) is 16.1. The van der Waals surface area contributed by atoms with Crippen LogP contribution in [0.5, 0.6) is 11.5 Å². The zero-order valence-corrected chi connectivity index (χ0v) is 12.4. The highest BCUT2D eigenvalue weighted by atomic mass is 16.7. The molecule has 7 nitrogen and oxygen atoms in total. The molecular weight excluding hydrogens is 288 g/mol. The van der Waals surface area contributed by atoms with Gasteiger partial charge >= 0.3 is 5.97 Å². The Hall–Kier alpha value is -2.28. The van der Waals surface area contributed by atoms with E-state index in [2.05, 4.69) is 10.6 Å². The fourth-order valence-electron chi connectivity index (χ4n) is 2.16. The molecular formula is C15H20N2O5. The molecule has 1 aliphatic rings. The number of hydrogen-bond acceptors (Lipinski definition) is 5. The second kappa shape index (κ2) is 7.65. The molecule has 120 valence electrons. The van der Waals surface area contributed by atoms with Crippen LogP contribution >= 0.6 is 0 Å². The zero-order chi connectivity index (χ0) is 15.9. The van der Waals surface area contributed by atoms with Gasteiger partial charge in [0, 0.05) is 24.7 Å². The van der Waals surface area contributed by atoms with Crippen LogP contribution in [-0.4, -0.2) is 36.4 Å². The van der Waals surface area contributed by atoms with E-state index in [1.165, 1.54) is 0 Å². The lowest BCUT2D eigenvalue weighted by atomic mass is 10.1. The van der Waals surface area contributed by atoms with E-state index in [4.69, 9.17) is 14.6 Å². The van der Waals surface area contributed by atoms with Gasteiger partial charge in [0.2, 0.25) is 12.7 Å². The Bertz CT molecular complexity index is 547. The molecule has 3 N–H and O–H groups in total. The average molecular weight is 308 g/mol. The van der Waals surface area contributed by atoms with Crippen molar-refractivity contribution in [2.24, 2.45) is 0 Å². The number of anilines is 1. The summed E-state index contributed by atoms with van der Waals surface area (Å²) >= 11 is 0. The van der Waals surface area contributed by atoms with E-state index in [1.54, 1.807) is 18.2 Å². The monoisotopic (exact) mass is 308 g/mol. The maximum Gasteiger partial charge on any atom is 0.320 e. The third-order valence-electron chi connectivity index (χ3n) is 3.27. The number of nitrogens with one attached hydrogen (secondary N) is 2. The van der Waals surface area contributed by atoms with Crippen molar-refractivity contribution in [3.63, 3.8) is 0 Å². The highest BCUT2D eigenvalue weighted by Gasteiger charge is 2.16. The summed E-state index contributed by atoms with van der Waals surface area (Å²) < 4.78 is 10.4. The summed E-state index contributed by atoms with van der Waals surface area (Å²) in [7, 11) is 0. The Morgan fingerprint density at radius 3 is 2.82 bits per heavy atom. The van der Waals surface area contributed by atoms with Crippen LogP contribution in [0.4, 0.5) is 5.69 Å². The predicted molar refractivity (Wildman–Crippen MR) is 80.1 cm³/mol. The number of hydrogen-bond donors (Lipinski definition) is 3. The number of rotatable bonds is 8. The third kappa shape index (κ3) is 4.36. The number of benzene rings is 1. The van der Waals surface area contributed by atoms with Crippen molar-refractivity contribution in [2.75, 3.05) is 18.7 Å². The molecule has 0 saturated carbocycles. The van der Waals surface area contributed by atoms with E-state index in [-0.39, 0.29) is 19.1 Å². The Balaban J connectivity index is 1.77. The summed E-state index contributed by atoms with van der Waals surface area (Å²) in [4.78, 5) is 22.8. The molecule has 1 aromatic carbocycles. The lowest BCUT2D eigenvalue weighted by Crippen LogP contribution is -2.38. The second-order valence-electron chi connectivity index (χ2n) is 5.00. The summed E-state index contributed by atoms with van der Waals surface area (Å²) in [5, 5.41) is 14.6. The molecule has 0 radical (unpaired) electrons. The van der Waals surface area contributed by atoms with Crippen molar-refractivity contribution in [2.45, 2.75) is 32.2 Å². The fraction of sp³-hybridized carbons (Fsp3) is 0.467. The lowest BCUT2D eigenvalue weighted by molar-refractivity contribution is -0.139. The van der Waals surface area contributed by atoms with E-state index in [0.29, 0.717) is 30.2 Å². The standard InChI is InChI=1S/C15H20N2O5/c1-2-3-11(15(19)20)16-7-6-14(18)17-10-4-5-12-13(8-10)22-9-21-12/h4-5,8,11,16H,2-3,6-7,9H2,1H3,(H,17,18)(H,19,20). The zero-order valence-electron chi connectivity index (χ0n) is 12.4. The minimum Gasteiger partial charge on any atom is -0.480 e. The van der Waals surface area contributed by atoms with Crippen molar-refractivity contribution in [3.8, 4) is 11.5 Å². The number of fused-ring (bicyclic) bond motifs is 1. The Morgan fingerprint density at radius 2 is 2.09 bits per heavy atom. The van der Waals surface area contributed by atoms with Gasteiger partial charge in [0.1, 0.15) is 6.04 Å². The largest absolute Gasteiger partial charge is 0.480 e. The van der Waals surface area contributed by atoms with Crippen LogP contribution in [0.15, 0.2) is 18.2 Å². The van der Waals surface area contributed by atoms with Crippen LogP contribution in [0.3, 0.4) is 0 Å². The SMILES string of the molecule is CCCC(NCCC(=O)Nc1ccc2c(c1)OCO2)C(=O)O. The third-order valence-corrected chi connectivity index (χ3v) is 3.27. The first-order chi connectivity index (χ1) is 10.6.